The zero-order chi connectivity index (χ0) is 27.1. The van der Waals surface area contributed by atoms with Gasteiger partial charge in [0.05, 0.1) is 11.3 Å². The summed E-state index contributed by atoms with van der Waals surface area (Å²) in [6.45, 7) is 5.36. The van der Waals surface area contributed by atoms with Crippen LogP contribution in [0, 0.1) is 0 Å². The summed E-state index contributed by atoms with van der Waals surface area (Å²) < 4.78 is 12.8. The van der Waals surface area contributed by atoms with Crippen molar-refractivity contribution < 1.29 is 19.1 Å². The number of oxime groups is 1. The molecule has 0 atom stereocenters. The number of carbonyl (C=O) groups excluding carboxylic acids is 1. The first-order chi connectivity index (χ1) is 18.2. The van der Waals surface area contributed by atoms with E-state index in [2.05, 4.69) is 31.0 Å². The maximum Gasteiger partial charge on any atom is 0.413 e. The summed E-state index contributed by atoms with van der Waals surface area (Å²) in [6.07, 6.45) is -0.602. The molecule has 0 fully saturated rings. The van der Waals surface area contributed by atoms with Crippen LogP contribution in [0.1, 0.15) is 37.9 Å². The van der Waals surface area contributed by atoms with Gasteiger partial charge >= 0.3 is 6.09 Å². The van der Waals surface area contributed by atoms with Crippen molar-refractivity contribution in [3.63, 3.8) is 0 Å². The number of aryl methyl sites for hydroxylation is 1. The van der Waals surface area contributed by atoms with Crippen molar-refractivity contribution >= 4 is 29.2 Å². The number of ether oxygens (including phenoxy) is 2. The van der Waals surface area contributed by atoms with Crippen LogP contribution >= 0.6 is 11.6 Å². The fourth-order valence-corrected chi connectivity index (χ4v) is 3.43. The number of aromatic nitrogens is 5. The SMILES string of the molecule is Cn1nnnc1/C(=N\OCc1cccc(NC(=O)OC(C)(C)C)n1)c1ccccc1Oc1cccc(Cl)c1. The Hall–Kier alpha value is -4.51. The highest BCUT2D eigenvalue weighted by molar-refractivity contribution is 6.30. The number of nitrogens with zero attached hydrogens (tertiary/aromatic N) is 6. The predicted molar refractivity (Wildman–Crippen MR) is 141 cm³/mol. The van der Waals surface area contributed by atoms with Crippen molar-refractivity contribution in [1.29, 1.82) is 0 Å². The van der Waals surface area contributed by atoms with E-state index in [4.69, 9.17) is 25.9 Å². The van der Waals surface area contributed by atoms with E-state index < -0.39 is 11.7 Å². The lowest BCUT2D eigenvalue weighted by Gasteiger charge is -2.19. The van der Waals surface area contributed by atoms with Crippen LogP contribution in [0.2, 0.25) is 5.02 Å². The number of nitrogens with one attached hydrogen (secondary N) is 1. The number of benzene rings is 2. The molecule has 0 spiro atoms. The van der Waals surface area contributed by atoms with Gasteiger partial charge in [0, 0.05) is 12.1 Å². The van der Waals surface area contributed by atoms with Crippen LogP contribution in [0.4, 0.5) is 10.6 Å². The molecule has 2 heterocycles. The average Bonchev–Trinajstić information content (AvgIpc) is 3.27. The number of halogens is 1. The molecule has 12 heteroatoms. The summed E-state index contributed by atoms with van der Waals surface area (Å²) in [6, 6.07) is 19.5. The van der Waals surface area contributed by atoms with Gasteiger partial charge in [-0.05, 0) is 73.7 Å². The van der Waals surface area contributed by atoms with Gasteiger partial charge in [-0.15, -0.1) is 5.10 Å². The highest BCUT2D eigenvalue weighted by Crippen LogP contribution is 2.29. The minimum Gasteiger partial charge on any atom is -0.457 e. The Kier molecular flexibility index (Phi) is 8.17. The maximum atomic E-state index is 12.1. The molecular weight excluding hydrogens is 510 g/mol. The predicted octanol–water partition coefficient (Wildman–Crippen LogP) is 5.37. The van der Waals surface area contributed by atoms with Crippen molar-refractivity contribution in [3.05, 3.63) is 88.8 Å². The number of rotatable bonds is 8. The minimum atomic E-state index is -0.628. The number of para-hydroxylation sites is 1. The quantitative estimate of drug-likeness (QED) is 0.236. The van der Waals surface area contributed by atoms with E-state index in [0.717, 1.165) is 0 Å². The van der Waals surface area contributed by atoms with Crippen LogP contribution < -0.4 is 10.1 Å². The molecule has 0 aliphatic heterocycles. The van der Waals surface area contributed by atoms with E-state index in [1.54, 1.807) is 76.3 Å². The van der Waals surface area contributed by atoms with E-state index >= 15 is 0 Å². The van der Waals surface area contributed by atoms with Gasteiger partial charge in [-0.25, -0.2) is 14.5 Å². The zero-order valence-corrected chi connectivity index (χ0v) is 22.0. The van der Waals surface area contributed by atoms with Crippen LogP contribution in [0.3, 0.4) is 0 Å². The summed E-state index contributed by atoms with van der Waals surface area (Å²) in [4.78, 5) is 22.1. The summed E-state index contributed by atoms with van der Waals surface area (Å²) in [7, 11) is 1.69. The second-order valence-corrected chi connectivity index (χ2v) is 9.47. The fraction of sp³-hybridized carbons (Fsp3) is 0.231. The molecule has 0 unspecified atom stereocenters. The second kappa shape index (κ2) is 11.7. The summed E-state index contributed by atoms with van der Waals surface area (Å²) in [5.74, 6) is 1.74. The van der Waals surface area contributed by atoms with Crippen molar-refractivity contribution in [2.24, 2.45) is 12.2 Å². The Labute approximate surface area is 224 Å². The van der Waals surface area contributed by atoms with Gasteiger partial charge in [0.25, 0.3) is 0 Å². The van der Waals surface area contributed by atoms with Crippen molar-refractivity contribution in [3.8, 4) is 11.5 Å². The topological polar surface area (TPSA) is 126 Å². The number of hydrogen-bond acceptors (Lipinski definition) is 9. The fourth-order valence-electron chi connectivity index (χ4n) is 3.25. The molecule has 0 radical (unpaired) electrons. The van der Waals surface area contributed by atoms with Gasteiger partial charge in [-0.3, -0.25) is 5.32 Å². The number of pyridine rings is 1. The van der Waals surface area contributed by atoms with E-state index in [-0.39, 0.29) is 6.61 Å². The molecule has 0 bridgehead atoms. The minimum absolute atomic E-state index is 0.00986. The van der Waals surface area contributed by atoms with Crippen molar-refractivity contribution in [1.82, 2.24) is 25.2 Å². The van der Waals surface area contributed by atoms with Gasteiger partial charge in [0.1, 0.15) is 22.9 Å². The van der Waals surface area contributed by atoms with Gasteiger partial charge < -0.3 is 14.3 Å². The van der Waals surface area contributed by atoms with Crippen molar-refractivity contribution in [2.75, 3.05) is 5.32 Å². The molecule has 0 aliphatic carbocycles. The molecule has 2 aromatic carbocycles. The first kappa shape index (κ1) is 26.6. The maximum absolute atomic E-state index is 12.1. The molecule has 4 aromatic rings. The van der Waals surface area contributed by atoms with Crippen LogP contribution in [0.15, 0.2) is 71.9 Å². The number of hydrogen-bond donors (Lipinski definition) is 1. The molecule has 0 saturated heterocycles. The Balaban J connectivity index is 1.57. The summed E-state index contributed by atoms with van der Waals surface area (Å²) in [5.41, 5.74) is 0.843. The molecule has 1 amide bonds. The van der Waals surface area contributed by atoms with Crippen LogP contribution in [-0.4, -0.2) is 42.6 Å². The van der Waals surface area contributed by atoms with E-state index in [1.807, 2.05) is 18.2 Å². The van der Waals surface area contributed by atoms with Gasteiger partial charge in [-0.2, -0.15) is 0 Å². The molecule has 0 saturated carbocycles. The molecule has 2 aromatic heterocycles. The van der Waals surface area contributed by atoms with Gasteiger partial charge in [0.15, 0.2) is 12.3 Å². The molecule has 11 nitrogen and oxygen atoms in total. The highest BCUT2D eigenvalue weighted by Gasteiger charge is 2.20. The Morgan fingerprint density at radius 1 is 1.08 bits per heavy atom. The van der Waals surface area contributed by atoms with E-state index in [1.165, 1.54) is 4.68 Å². The lowest BCUT2D eigenvalue weighted by molar-refractivity contribution is 0.0635. The van der Waals surface area contributed by atoms with Crippen LogP contribution in [0.25, 0.3) is 0 Å². The molecular formula is C26H26ClN7O4. The number of amides is 1. The zero-order valence-electron chi connectivity index (χ0n) is 21.3. The van der Waals surface area contributed by atoms with Crippen molar-refractivity contribution in [2.45, 2.75) is 33.0 Å². The first-order valence-electron chi connectivity index (χ1n) is 11.6. The standard InChI is InChI=1S/C26H26ClN7O4/c1-26(2,3)38-25(35)29-22-14-8-10-18(28-22)16-36-31-23(24-30-32-33-34(24)4)20-12-5-6-13-21(20)37-19-11-7-9-17(27)15-19/h5-15H,16H2,1-4H3,(H,28,29,35)/b31-23-. The molecule has 1 N–H and O–H groups in total. The summed E-state index contributed by atoms with van der Waals surface area (Å²) in [5, 5.41) is 19.2. The summed E-state index contributed by atoms with van der Waals surface area (Å²) >= 11 is 6.12. The van der Waals surface area contributed by atoms with E-state index in [0.29, 0.717) is 45.1 Å². The lowest BCUT2D eigenvalue weighted by Crippen LogP contribution is -2.27. The Morgan fingerprint density at radius 3 is 2.61 bits per heavy atom. The molecule has 4 rings (SSSR count). The van der Waals surface area contributed by atoms with Gasteiger partial charge in [0.2, 0.25) is 5.82 Å². The second-order valence-electron chi connectivity index (χ2n) is 9.04. The monoisotopic (exact) mass is 535 g/mol. The molecule has 0 aliphatic rings. The van der Waals surface area contributed by atoms with Crippen LogP contribution in [0.5, 0.6) is 11.5 Å². The number of carbonyl (C=O) groups is 1. The normalized spacial score (nSPS) is 11.7. The Morgan fingerprint density at radius 2 is 1.87 bits per heavy atom. The lowest BCUT2D eigenvalue weighted by atomic mass is 10.1. The van der Waals surface area contributed by atoms with Gasteiger partial charge in [-0.1, -0.05) is 41.0 Å². The smallest absolute Gasteiger partial charge is 0.413 e. The highest BCUT2D eigenvalue weighted by atomic mass is 35.5. The number of tetrazole rings is 1. The third-order valence-corrected chi connectivity index (χ3v) is 5.04. The van der Waals surface area contributed by atoms with Crippen LogP contribution in [-0.2, 0) is 23.2 Å². The molecule has 196 valence electrons. The van der Waals surface area contributed by atoms with E-state index in [9.17, 15) is 4.79 Å². The molecule has 38 heavy (non-hydrogen) atoms. The number of anilines is 1. The Bertz CT molecular complexity index is 1450. The third-order valence-electron chi connectivity index (χ3n) is 4.80. The largest absolute Gasteiger partial charge is 0.457 e. The first-order valence-corrected chi connectivity index (χ1v) is 12.0. The average molecular weight is 536 g/mol. The third kappa shape index (κ3) is 7.26.